The maximum absolute atomic E-state index is 12.6. The summed E-state index contributed by atoms with van der Waals surface area (Å²) in [5.74, 6) is -0.0498. The van der Waals surface area contributed by atoms with Gasteiger partial charge in [0, 0.05) is 5.92 Å². The number of sulfonamides is 1. The molecule has 2 aromatic carbocycles. The van der Waals surface area contributed by atoms with Crippen molar-refractivity contribution in [3.8, 4) is 0 Å². The highest BCUT2D eigenvalue weighted by molar-refractivity contribution is 7.92. The Morgan fingerprint density at radius 2 is 1.65 bits per heavy atom. The first-order valence-electron chi connectivity index (χ1n) is 8.69. The van der Waals surface area contributed by atoms with Crippen LogP contribution in [0.15, 0.2) is 59.5 Å². The van der Waals surface area contributed by atoms with Crippen molar-refractivity contribution in [1.29, 1.82) is 0 Å². The van der Waals surface area contributed by atoms with E-state index in [2.05, 4.69) is 10.0 Å². The van der Waals surface area contributed by atoms with Crippen LogP contribution in [0.2, 0.25) is 0 Å². The van der Waals surface area contributed by atoms with Crippen molar-refractivity contribution in [2.24, 2.45) is 17.6 Å². The number of rotatable bonds is 6. The highest BCUT2D eigenvalue weighted by Crippen LogP contribution is 2.33. The number of nitrogens with one attached hydrogen (secondary N) is 2. The van der Waals surface area contributed by atoms with Crippen LogP contribution in [0.1, 0.15) is 19.3 Å². The van der Waals surface area contributed by atoms with E-state index in [0.717, 1.165) is 19.3 Å². The molecule has 1 amide bonds. The van der Waals surface area contributed by atoms with Crippen LogP contribution in [0.25, 0.3) is 0 Å². The maximum atomic E-state index is 12.6. The minimum absolute atomic E-state index is 0.107. The average Bonchev–Trinajstić information content (AvgIpc) is 3.13. The van der Waals surface area contributed by atoms with Crippen molar-refractivity contribution in [1.82, 2.24) is 0 Å². The zero-order valence-electron chi connectivity index (χ0n) is 14.4. The summed E-state index contributed by atoms with van der Waals surface area (Å²) in [5, 5.41) is 2.87. The minimum atomic E-state index is -3.73. The van der Waals surface area contributed by atoms with Gasteiger partial charge in [-0.25, -0.2) is 8.42 Å². The molecule has 0 heterocycles. The topological polar surface area (TPSA) is 101 Å². The fraction of sp³-hybridized carbons (Fsp3) is 0.316. The minimum Gasteiger partial charge on any atom is -0.330 e. The molecule has 1 aliphatic rings. The zero-order valence-corrected chi connectivity index (χ0v) is 15.2. The van der Waals surface area contributed by atoms with Crippen molar-refractivity contribution in [3.05, 3.63) is 54.6 Å². The summed E-state index contributed by atoms with van der Waals surface area (Å²) < 4.78 is 27.7. The van der Waals surface area contributed by atoms with Gasteiger partial charge in [0.2, 0.25) is 5.91 Å². The van der Waals surface area contributed by atoms with E-state index in [9.17, 15) is 13.2 Å². The fourth-order valence-corrected chi connectivity index (χ4v) is 4.47. The predicted octanol–water partition coefficient (Wildman–Crippen LogP) is 2.80. The molecule has 138 valence electrons. The number of para-hydroxylation sites is 2. The molecule has 0 spiro atoms. The lowest BCUT2D eigenvalue weighted by molar-refractivity contribution is -0.120. The third-order valence-corrected chi connectivity index (χ3v) is 6.16. The van der Waals surface area contributed by atoms with Crippen molar-refractivity contribution in [2.75, 3.05) is 16.6 Å². The number of carbonyl (C=O) groups is 1. The number of hydrogen-bond acceptors (Lipinski definition) is 4. The molecule has 6 nitrogen and oxygen atoms in total. The summed E-state index contributed by atoms with van der Waals surface area (Å²) in [7, 11) is -3.73. The van der Waals surface area contributed by atoms with Gasteiger partial charge in [-0.05, 0) is 49.6 Å². The fourth-order valence-electron chi connectivity index (χ4n) is 3.37. The van der Waals surface area contributed by atoms with Gasteiger partial charge in [-0.2, -0.15) is 0 Å². The van der Waals surface area contributed by atoms with E-state index in [1.807, 2.05) is 0 Å². The summed E-state index contributed by atoms with van der Waals surface area (Å²) in [4.78, 5) is 12.8. The third kappa shape index (κ3) is 4.05. The molecule has 0 aliphatic heterocycles. The maximum Gasteiger partial charge on any atom is 0.261 e. The Labute approximate surface area is 153 Å². The van der Waals surface area contributed by atoms with E-state index in [1.54, 1.807) is 42.5 Å². The van der Waals surface area contributed by atoms with Crippen LogP contribution in [-0.4, -0.2) is 20.9 Å². The second kappa shape index (κ2) is 7.88. The second-order valence-corrected chi connectivity index (χ2v) is 8.17. The van der Waals surface area contributed by atoms with Gasteiger partial charge in [0.1, 0.15) is 0 Å². The lowest BCUT2D eigenvalue weighted by atomic mass is 9.95. The summed E-state index contributed by atoms with van der Waals surface area (Å²) >= 11 is 0. The number of anilines is 2. The highest BCUT2D eigenvalue weighted by Gasteiger charge is 2.32. The molecule has 1 saturated carbocycles. The van der Waals surface area contributed by atoms with Crippen molar-refractivity contribution < 1.29 is 13.2 Å². The van der Waals surface area contributed by atoms with Crippen LogP contribution in [-0.2, 0) is 14.8 Å². The molecular weight excluding hydrogens is 350 g/mol. The second-order valence-electron chi connectivity index (χ2n) is 6.49. The lowest BCUT2D eigenvalue weighted by Gasteiger charge is -2.19. The Morgan fingerprint density at radius 3 is 2.35 bits per heavy atom. The average molecular weight is 373 g/mol. The number of amides is 1. The molecule has 0 unspecified atom stereocenters. The molecule has 0 saturated heterocycles. The van der Waals surface area contributed by atoms with E-state index < -0.39 is 10.0 Å². The standard InChI is InChI=1S/C19H23N3O3S/c20-13-14-7-6-10-16(14)19(23)21-17-11-4-5-12-18(17)22-26(24,25)15-8-2-1-3-9-15/h1-5,8-9,11-12,14,16,22H,6-7,10,13,20H2,(H,21,23)/t14-,16-/m1/s1. The molecule has 0 bridgehead atoms. The largest absolute Gasteiger partial charge is 0.330 e. The highest BCUT2D eigenvalue weighted by atomic mass is 32.2. The molecule has 1 fully saturated rings. The van der Waals surface area contributed by atoms with Gasteiger partial charge in [-0.1, -0.05) is 36.8 Å². The summed E-state index contributed by atoms with van der Waals surface area (Å²) in [6.07, 6.45) is 2.75. The van der Waals surface area contributed by atoms with Crippen LogP contribution in [0.4, 0.5) is 11.4 Å². The summed E-state index contributed by atoms with van der Waals surface area (Å²) in [6.45, 7) is 0.486. The van der Waals surface area contributed by atoms with Crippen LogP contribution in [0.3, 0.4) is 0 Å². The van der Waals surface area contributed by atoms with Crippen LogP contribution in [0.5, 0.6) is 0 Å². The van der Waals surface area contributed by atoms with E-state index in [4.69, 9.17) is 5.73 Å². The summed E-state index contributed by atoms with van der Waals surface area (Å²) in [6, 6.07) is 14.9. The van der Waals surface area contributed by atoms with E-state index in [0.29, 0.717) is 17.9 Å². The molecule has 0 radical (unpaired) electrons. The van der Waals surface area contributed by atoms with Crippen molar-refractivity contribution in [3.63, 3.8) is 0 Å². The van der Waals surface area contributed by atoms with Gasteiger partial charge in [-0.3, -0.25) is 9.52 Å². The van der Waals surface area contributed by atoms with E-state index >= 15 is 0 Å². The van der Waals surface area contributed by atoms with E-state index in [-0.39, 0.29) is 22.6 Å². The Bertz CT molecular complexity index is 869. The molecule has 26 heavy (non-hydrogen) atoms. The number of hydrogen-bond donors (Lipinski definition) is 3. The van der Waals surface area contributed by atoms with Gasteiger partial charge < -0.3 is 11.1 Å². The van der Waals surface area contributed by atoms with Crippen LogP contribution in [0, 0.1) is 11.8 Å². The first kappa shape index (κ1) is 18.4. The molecule has 3 rings (SSSR count). The number of nitrogens with two attached hydrogens (primary N) is 1. The Balaban J connectivity index is 1.79. The first-order chi connectivity index (χ1) is 12.5. The number of carbonyl (C=O) groups excluding carboxylic acids is 1. The molecule has 7 heteroatoms. The Morgan fingerprint density at radius 1 is 1.00 bits per heavy atom. The monoisotopic (exact) mass is 373 g/mol. The zero-order chi connectivity index (χ0) is 18.6. The smallest absolute Gasteiger partial charge is 0.261 e. The third-order valence-electron chi connectivity index (χ3n) is 4.78. The molecule has 4 N–H and O–H groups in total. The van der Waals surface area contributed by atoms with Gasteiger partial charge >= 0.3 is 0 Å². The number of benzene rings is 2. The Hall–Kier alpha value is -2.38. The van der Waals surface area contributed by atoms with Gasteiger partial charge in [0.25, 0.3) is 10.0 Å². The van der Waals surface area contributed by atoms with E-state index in [1.165, 1.54) is 12.1 Å². The molecule has 0 aromatic heterocycles. The predicted molar refractivity (Wildman–Crippen MR) is 102 cm³/mol. The van der Waals surface area contributed by atoms with Gasteiger partial charge in [0.15, 0.2) is 0 Å². The Kier molecular flexibility index (Phi) is 5.58. The van der Waals surface area contributed by atoms with Crippen molar-refractivity contribution in [2.45, 2.75) is 24.2 Å². The van der Waals surface area contributed by atoms with Crippen molar-refractivity contribution >= 4 is 27.3 Å². The van der Waals surface area contributed by atoms with Gasteiger partial charge in [-0.15, -0.1) is 0 Å². The summed E-state index contributed by atoms with van der Waals surface area (Å²) in [5.41, 5.74) is 6.55. The molecular formula is C19H23N3O3S. The van der Waals surface area contributed by atoms with Crippen LogP contribution < -0.4 is 15.8 Å². The SMILES string of the molecule is NC[C@H]1CCC[C@H]1C(=O)Nc1ccccc1NS(=O)(=O)c1ccccc1. The molecule has 1 aliphatic carbocycles. The van der Waals surface area contributed by atoms with Crippen LogP contribution >= 0.6 is 0 Å². The van der Waals surface area contributed by atoms with Gasteiger partial charge in [0.05, 0.1) is 16.3 Å². The first-order valence-corrected chi connectivity index (χ1v) is 10.2. The molecule has 2 aromatic rings. The molecule has 2 atom stereocenters. The quantitative estimate of drug-likeness (QED) is 0.725. The lowest BCUT2D eigenvalue weighted by Crippen LogP contribution is -2.30. The normalized spacial score (nSPS) is 19.9.